The minimum atomic E-state index is -0.378. The lowest BCUT2D eigenvalue weighted by Gasteiger charge is -2.19. The quantitative estimate of drug-likeness (QED) is 0.201. The van der Waals surface area contributed by atoms with Crippen molar-refractivity contribution in [1.29, 1.82) is 5.26 Å². The number of fused-ring (bicyclic) bond motifs is 4. The molecule has 1 aliphatic rings. The van der Waals surface area contributed by atoms with Crippen LogP contribution in [0.2, 0.25) is 0 Å². The molecule has 3 heterocycles. The van der Waals surface area contributed by atoms with Crippen LogP contribution in [0.3, 0.4) is 0 Å². The Morgan fingerprint density at radius 1 is 0.568 bits per heavy atom. The van der Waals surface area contributed by atoms with Crippen molar-refractivity contribution >= 4 is 39.3 Å². The van der Waals surface area contributed by atoms with Crippen molar-refractivity contribution < 1.29 is 9.59 Å². The Morgan fingerprint density at radius 2 is 1.23 bits per heavy atom. The molecule has 6 heteroatoms. The second-order valence-corrected chi connectivity index (χ2v) is 10.6. The van der Waals surface area contributed by atoms with E-state index in [1.807, 2.05) is 115 Å². The van der Waals surface area contributed by atoms with E-state index >= 15 is 0 Å². The average Bonchev–Trinajstić information content (AvgIpc) is 3.56. The van der Waals surface area contributed by atoms with Crippen molar-refractivity contribution in [2.45, 2.75) is 0 Å². The summed E-state index contributed by atoms with van der Waals surface area (Å²) < 4.78 is 2.05. The van der Waals surface area contributed by atoms with Gasteiger partial charge in [0.05, 0.1) is 39.2 Å². The van der Waals surface area contributed by atoms with E-state index in [0.29, 0.717) is 33.9 Å². The largest absolute Gasteiger partial charge is 0.308 e. The lowest BCUT2D eigenvalue weighted by Crippen LogP contribution is -2.30. The van der Waals surface area contributed by atoms with Gasteiger partial charge in [-0.25, -0.2) is 9.88 Å². The number of aromatic nitrogens is 2. The highest BCUT2D eigenvalue weighted by molar-refractivity contribution is 6.36. The van der Waals surface area contributed by atoms with Crippen molar-refractivity contribution in [3.63, 3.8) is 0 Å². The molecule has 5 aromatic carbocycles. The molecule has 0 aliphatic carbocycles. The van der Waals surface area contributed by atoms with Crippen LogP contribution in [0, 0.1) is 11.3 Å². The Kier molecular flexibility index (Phi) is 5.71. The van der Waals surface area contributed by atoms with Crippen molar-refractivity contribution in [3.8, 4) is 34.1 Å². The van der Waals surface area contributed by atoms with E-state index < -0.39 is 0 Å². The average molecular weight is 567 g/mol. The lowest BCUT2D eigenvalue weighted by atomic mass is 10.0. The number of nitriles is 1. The molecule has 0 saturated heterocycles. The smallest absolute Gasteiger partial charge is 0.268 e. The molecule has 44 heavy (non-hydrogen) atoms. The van der Waals surface area contributed by atoms with E-state index in [4.69, 9.17) is 0 Å². The number of carbonyl (C=O) groups excluding carboxylic acids is 2. The molecule has 2 amide bonds. The third-order valence-corrected chi connectivity index (χ3v) is 8.20. The van der Waals surface area contributed by atoms with Crippen LogP contribution in [0.1, 0.15) is 26.4 Å². The van der Waals surface area contributed by atoms with Gasteiger partial charge in [-0.15, -0.1) is 0 Å². The zero-order valence-electron chi connectivity index (χ0n) is 23.3. The molecule has 0 bridgehead atoms. The highest BCUT2D eigenvalue weighted by Gasteiger charge is 2.40. The van der Waals surface area contributed by atoms with E-state index in [9.17, 15) is 14.9 Å². The molecule has 0 saturated carbocycles. The van der Waals surface area contributed by atoms with Crippen LogP contribution in [0.5, 0.6) is 0 Å². The zero-order valence-corrected chi connectivity index (χ0v) is 23.3. The monoisotopic (exact) mass is 566 g/mol. The molecule has 0 atom stereocenters. The van der Waals surface area contributed by atoms with Crippen LogP contribution >= 0.6 is 0 Å². The van der Waals surface area contributed by atoms with Crippen molar-refractivity contribution in [2.75, 3.05) is 4.90 Å². The molecule has 0 unspecified atom stereocenters. The third kappa shape index (κ3) is 3.70. The molecule has 7 aromatic rings. The highest BCUT2D eigenvalue weighted by atomic mass is 16.2. The summed E-state index contributed by atoms with van der Waals surface area (Å²) in [5, 5.41) is 11.5. The van der Waals surface area contributed by atoms with Gasteiger partial charge in [-0.3, -0.25) is 9.59 Å². The second kappa shape index (κ2) is 9.90. The summed E-state index contributed by atoms with van der Waals surface area (Å²) in [5.74, 6) is -0.739. The van der Waals surface area contributed by atoms with Gasteiger partial charge in [0, 0.05) is 21.9 Å². The van der Waals surface area contributed by atoms with Gasteiger partial charge in [0.25, 0.3) is 11.8 Å². The summed E-state index contributed by atoms with van der Waals surface area (Å²) >= 11 is 0. The fourth-order valence-corrected chi connectivity index (χ4v) is 6.33. The van der Waals surface area contributed by atoms with Gasteiger partial charge in [-0.05, 0) is 42.0 Å². The molecule has 0 fully saturated rings. The topological polar surface area (TPSA) is 79.0 Å². The first kappa shape index (κ1) is 25.4. The van der Waals surface area contributed by atoms with Crippen LogP contribution in [0.4, 0.5) is 5.69 Å². The Hall–Kier alpha value is -6.32. The van der Waals surface area contributed by atoms with Crippen molar-refractivity contribution in [1.82, 2.24) is 9.55 Å². The Labute approximate surface area is 252 Å². The molecule has 8 rings (SSSR count). The molecule has 1 aliphatic heterocycles. The number of hydrogen-bond acceptors (Lipinski definition) is 4. The highest BCUT2D eigenvalue weighted by Crippen LogP contribution is 2.42. The minimum Gasteiger partial charge on any atom is -0.308 e. The number of anilines is 1. The van der Waals surface area contributed by atoms with Gasteiger partial charge in [-0.2, -0.15) is 5.26 Å². The summed E-state index contributed by atoms with van der Waals surface area (Å²) in [5.41, 5.74) is 7.06. The molecule has 6 nitrogen and oxygen atoms in total. The predicted octanol–water partition coefficient (Wildman–Crippen LogP) is 8.18. The summed E-state index contributed by atoms with van der Waals surface area (Å²) in [6, 6.07) is 44.2. The number of hydrogen-bond donors (Lipinski definition) is 0. The van der Waals surface area contributed by atoms with Crippen molar-refractivity contribution in [2.24, 2.45) is 0 Å². The number of pyridine rings is 1. The van der Waals surface area contributed by atoms with Gasteiger partial charge in [0.2, 0.25) is 0 Å². The number of nitrogens with zero attached hydrogens (tertiary/aromatic N) is 4. The molecule has 0 spiro atoms. The Balaban J connectivity index is 1.39. The van der Waals surface area contributed by atoms with E-state index in [1.165, 1.54) is 4.90 Å². The molecule has 0 N–H and O–H groups in total. The van der Waals surface area contributed by atoms with E-state index in [-0.39, 0.29) is 11.8 Å². The van der Waals surface area contributed by atoms with Gasteiger partial charge >= 0.3 is 0 Å². The molecule has 206 valence electrons. The number of amides is 2. The summed E-state index contributed by atoms with van der Waals surface area (Å²) in [6.45, 7) is 0. The first-order valence-electron chi connectivity index (χ1n) is 14.2. The SMILES string of the molecule is N#Cc1cccc(-c2cccc3c4ccccc4n(-c4cccc5c4C(=O)N(c4ccccc4-c4ccccc4)C5=O)c23)n1. The van der Waals surface area contributed by atoms with E-state index in [1.54, 1.807) is 12.1 Å². The first-order valence-corrected chi connectivity index (χ1v) is 14.2. The number of benzene rings is 5. The van der Waals surface area contributed by atoms with Gasteiger partial charge in [-0.1, -0.05) is 97.1 Å². The van der Waals surface area contributed by atoms with Crippen molar-refractivity contribution in [3.05, 3.63) is 150 Å². The molecule has 2 aromatic heterocycles. The normalized spacial score (nSPS) is 12.6. The van der Waals surface area contributed by atoms with Crippen LogP contribution < -0.4 is 4.90 Å². The molecular weight excluding hydrogens is 544 g/mol. The summed E-state index contributed by atoms with van der Waals surface area (Å²) in [6.07, 6.45) is 0. The standard InChI is InChI=1S/C38H22N4O2/c39-23-25-13-8-19-31(40-25)29-17-9-16-28-27-15-5-7-21-33(27)41(36(28)29)34-22-10-18-30-35(34)38(44)42(37(30)43)32-20-6-4-14-26(32)24-11-2-1-3-12-24/h1-22H. The van der Waals surface area contributed by atoms with Crippen LogP contribution in [0.15, 0.2) is 133 Å². The zero-order chi connectivity index (χ0) is 29.8. The van der Waals surface area contributed by atoms with Gasteiger partial charge < -0.3 is 4.57 Å². The lowest BCUT2D eigenvalue weighted by molar-refractivity contribution is 0.0926. The number of carbonyl (C=O) groups is 2. The maximum atomic E-state index is 14.5. The molecule has 0 radical (unpaired) electrons. The summed E-state index contributed by atoms with van der Waals surface area (Å²) in [7, 11) is 0. The van der Waals surface area contributed by atoms with E-state index in [0.717, 1.165) is 38.5 Å². The van der Waals surface area contributed by atoms with E-state index in [2.05, 4.69) is 21.7 Å². The Morgan fingerprint density at radius 3 is 2.09 bits per heavy atom. The number of imide groups is 1. The van der Waals surface area contributed by atoms with Crippen LogP contribution in [-0.2, 0) is 0 Å². The predicted molar refractivity (Wildman–Crippen MR) is 172 cm³/mol. The molecular formula is C38H22N4O2. The Bertz CT molecular complexity index is 2350. The maximum Gasteiger partial charge on any atom is 0.268 e. The summed E-state index contributed by atoms with van der Waals surface area (Å²) in [4.78, 5) is 34.4. The van der Waals surface area contributed by atoms with Gasteiger partial charge in [0.1, 0.15) is 11.8 Å². The van der Waals surface area contributed by atoms with Crippen LogP contribution in [0.25, 0.3) is 49.9 Å². The number of para-hydroxylation sites is 3. The fraction of sp³-hybridized carbons (Fsp3) is 0. The second-order valence-electron chi connectivity index (χ2n) is 10.6. The fourth-order valence-electron chi connectivity index (χ4n) is 6.33. The number of rotatable bonds is 4. The van der Waals surface area contributed by atoms with Gasteiger partial charge in [0.15, 0.2) is 0 Å². The third-order valence-electron chi connectivity index (χ3n) is 8.20. The minimum absolute atomic E-state index is 0.316. The van der Waals surface area contributed by atoms with Crippen LogP contribution in [-0.4, -0.2) is 21.4 Å². The maximum absolute atomic E-state index is 14.5. The first-order chi connectivity index (χ1) is 21.7.